The van der Waals surface area contributed by atoms with Gasteiger partial charge in [-0.3, -0.25) is 0 Å². The van der Waals surface area contributed by atoms with Crippen LogP contribution in [0.15, 0.2) is 187 Å². The summed E-state index contributed by atoms with van der Waals surface area (Å²) >= 11 is 1.84. The fraction of sp³-hybridized carbons (Fsp3) is 0.0784. The summed E-state index contributed by atoms with van der Waals surface area (Å²) in [6.07, 6.45) is 14.4. The summed E-state index contributed by atoms with van der Waals surface area (Å²) in [6.45, 7) is 0. The van der Waals surface area contributed by atoms with E-state index in [1.807, 2.05) is 29.5 Å². The van der Waals surface area contributed by atoms with Crippen LogP contribution < -0.4 is 0 Å². The molecule has 266 valence electrons. The first kappa shape index (κ1) is 32.7. The van der Waals surface area contributed by atoms with Gasteiger partial charge in [0, 0.05) is 59.5 Å². The summed E-state index contributed by atoms with van der Waals surface area (Å²) in [5, 5.41) is 5.06. The number of thiophene rings is 1. The SMILES string of the molecule is C1=CC(C2=CC=C(c3nc(-c4ccccc4)nc(-c4ccc5c(c4)sc4c(-c6ccccc6)cccc45)n3)CC2n2c3ccccc3c3ccccc32)=CCC1. The molecule has 1 atom stereocenters. The predicted molar refractivity (Wildman–Crippen MR) is 235 cm³/mol. The largest absolute Gasteiger partial charge is 0.332 e. The lowest BCUT2D eigenvalue weighted by Gasteiger charge is -2.29. The lowest BCUT2D eigenvalue weighted by Crippen LogP contribution is -2.17. The van der Waals surface area contributed by atoms with Gasteiger partial charge in [0.2, 0.25) is 0 Å². The minimum absolute atomic E-state index is 0.0444. The van der Waals surface area contributed by atoms with Gasteiger partial charge in [-0.25, -0.2) is 15.0 Å². The van der Waals surface area contributed by atoms with Gasteiger partial charge in [-0.2, -0.15) is 0 Å². The number of benzene rings is 6. The standard InChI is InChI=1S/C51H36N4S/c1-4-15-33(16-5-1)38-29-27-36(31-46(38)55-44-25-12-10-21-40(44)41-22-11-13-26-45(41)55)50-52-49(35-19-8-3-9-20-35)53-51(54-50)37-28-30-42-43-24-14-23-39(34-17-6-2-7-18-34)48(43)56-47(42)32-37/h2-4,6-30,32,46H,1,5,31H2. The van der Waals surface area contributed by atoms with Gasteiger partial charge in [0.05, 0.1) is 6.04 Å². The van der Waals surface area contributed by atoms with Crippen LogP contribution in [0, 0.1) is 0 Å². The number of hydrogen-bond acceptors (Lipinski definition) is 4. The molecule has 0 saturated heterocycles. The second kappa shape index (κ2) is 13.6. The van der Waals surface area contributed by atoms with Crippen LogP contribution in [0.3, 0.4) is 0 Å². The van der Waals surface area contributed by atoms with E-state index >= 15 is 0 Å². The number of fused-ring (bicyclic) bond motifs is 6. The van der Waals surface area contributed by atoms with Crippen molar-refractivity contribution in [2.75, 3.05) is 0 Å². The highest BCUT2D eigenvalue weighted by molar-refractivity contribution is 7.26. The third kappa shape index (κ3) is 5.54. The van der Waals surface area contributed by atoms with Crippen molar-refractivity contribution in [1.82, 2.24) is 19.5 Å². The smallest absolute Gasteiger partial charge is 0.164 e. The average Bonchev–Trinajstić information content (AvgIpc) is 3.82. The minimum Gasteiger partial charge on any atom is -0.332 e. The normalized spacial score (nSPS) is 15.7. The number of nitrogens with zero attached hydrogens (tertiary/aromatic N) is 4. The number of aromatic nitrogens is 4. The van der Waals surface area contributed by atoms with Crippen molar-refractivity contribution in [3.05, 3.63) is 193 Å². The first-order valence-electron chi connectivity index (χ1n) is 19.4. The maximum atomic E-state index is 5.30. The number of hydrogen-bond donors (Lipinski definition) is 0. The summed E-state index contributed by atoms with van der Waals surface area (Å²) < 4.78 is 5.06. The topological polar surface area (TPSA) is 43.6 Å². The van der Waals surface area contributed by atoms with Gasteiger partial charge in [0.1, 0.15) is 0 Å². The van der Waals surface area contributed by atoms with Gasteiger partial charge >= 0.3 is 0 Å². The Morgan fingerprint density at radius 1 is 0.536 bits per heavy atom. The zero-order valence-electron chi connectivity index (χ0n) is 30.6. The van der Waals surface area contributed by atoms with Crippen molar-refractivity contribution >= 4 is 58.9 Å². The molecule has 4 nitrogen and oxygen atoms in total. The van der Waals surface area contributed by atoms with Gasteiger partial charge in [-0.1, -0.05) is 158 Å². The molecular weight excluding hydrogens is 701 g/mol. The molecule has 11 rings (SSSR count). The van der Waals surface area contributed by atoms with E-state index in [4.69, 9.17) is 15.0 Å². The Balaban J connectivity index is 1.07. The van der Waals surface area contributed by atoms with Gasteiger partial charge in [-0.05, 0) is 58.9 Å². The quantitative estimate of drug-likeness (QED) is 0.171. The Morgan fingerprint density at radius 3 is 1.93 bits per heavy atom. The third-order valence-corrected chi connectivity index (χ3v) is 12.5. The van der Waals surface area contributed by atoms with Crippen molar-refractivity contribution < 1.29 is 0 Å². The van der Waals surface area contributed by atoms with Crippen molar-refractivity contribution in [3.8, 4) is 33.9 Å². The van der Waals surface area contributed by atoms with Crippen LogP contribution in [-0.4, -0.2) is 19.5 Å². The molecule has 3 heterocycles. The van der Waals surface area contributed by atoms with Crippen LogP contribution in [0.2, 0.25) is 0 Å². The molecule has 0 radical (unpaired) electrons. The van der Waals surface area contributed by atoms with Crippen molar-refractivity contribution in [3.63, 3.8) is 0 Å². The highest BCUT2D eigenvalue weighted by atomic mass is 32.1. The molecule has 0 bridgehead atoms. The van der Waals surface area contributed by atoms with E-state index in [0.29, 0.717) is 17.5 Å². The highest BCUT2D eigenvalue weighted by Crippen LogP contribution is 2.45. The molecule has 2 aliphatic carbocycles. The average molecular weight is 737 g/mol. The highest BCUT2D eigenvalue weighted by Gasteiger charge is 2.29. The lowest BCUT2D eigenvalue weighted by atomic mass is 9.85. The summed E-state index contributed by atoms with van der Waals surface area (Å²) in [7, 11) is 0. The molecule has 0 amide bonds. The van der Waals surface area contributed by atoms with Gasteiger partial charge in [-0.15, -0.1) is 11.3 Å². The van der Waals surface area contributed by atoms with E-state index in [2.05, 4.69) is 162 Å². The monoisotopic (exact) mass is 736 g/mol. The fourth-order valence-electron chi connectivity index (χ4n) is 8.64. The first-order chi connectivity index (χ1) is 27.8. The third-order valence-electron chi connectivity index (χ3n) is 11.3. The zero-order valence-corrected chi connectivity index (χ0v) is 31.5. The van der Waals surface area contributed by atoms with E-state index in [0.717, 1.165) is 36.0 Å². The van der Waals surface area contributed by atoms with Crippen molar-refractivity contribution in [2.45, 2.75) is 25.3 Å². The fourth-order valence-corrected chi connectivity index (χ4v) is 9.91. The van der Waals surface area contributed by atoms with Crippen molar-refractivity contribution in [2.24, 2.45) is 0 Å². The minimum atomic E-state index is 0.0444. The number of para-hydroxylation sites is 2. The van der Waals surface area contributed by atoms with Crippen LogP contribution in [0.25, 0.3) is 81.5 Å². The van der Waals surface area contributed by atoms with Crippen LogP contribution in [0.5, 0.6) is 0 Å². The molecule has 56 heavy (non-hydrogen) atoms. The molecular formula is C51H36N4S. The molecule has 0 saturated carbocycles. The van der Waals surface area contributed by atoms with Crippen molar-refractivity contribution in [1.29, 1.82) is 0 Å². The molecule has 0 spiro atoms. The van der Waals surface area contributed by atoms with E-state index < -0.39 is 0 Å². The molecule has 3 aromatic heterocycles. The van der Waals surface area contributed by atoms with Crippen LogP contribution in [0.1, 0.15) is 31.1 Å². The summed E-state index contributed by atoms with van der Waals surface area (Å²) in [6, 6.07) is 51.9. The zero-order chi connectivity index (χ0) is 37.0. The predicted octanol–water partition coefficient (Wildman–Crippen LogP) is 13.6. The summed E-state index contributed by atoms with van der Waals surface area (Å²) in [5.74, 6) is 2.07. The Labute approximate surface area is 329 Å². The molecule has 6 aromatic carbocycles. The van der Waals surface area contributed by atoms with Crippen LogP contribution in [0.4, 0.5) is 0 Å². The molecule has 5 heteroatoms. The molecule has 1 unspecified atom stereocenters. The summed E-state index contributed by atoms with van der Waals surface area (Å²) in [5.41, 5.74) is 10.6. The molecule has 2 aliphatic rings. The Kier molecular flexibility index (Phi) is 7.92. The van der Waals surface area contributed by atoms with E-state index in [1.165, 1.54) is 64.3 Å². The molecule has 0 fully saturated rings. The Bertz CT molecular complexity index is 3050. The number of allylic oxidation sites excluding steroid dienone is 8. The second-order valence-corrected chi connectivity index (χ2v) is 15.7. The van der Waals surface area contributed by atoms with Crippen LogP contribution in [-0.2, 0) is 0 Å². The van der Waals surface area contributed by atoms with Gasteiger partial charge < -0.3 is 4.57 Å². The van der Waals surface area contributed by atoms with E-state index in [-0.39, 0.29) is 6.04 Å². The maximum absolute atomic E-state index is 5.30. The van der Waals surface area contributed by atoms with Crippen LogP contribution >= 0.6 is 11.3 Å². The second-order valence-electron chi connectivity index (χ2n) is 14.6. The molecule has 0 aliphatic heterocycles. The Hall–Kier alpha value is -6.69. The van der Waals surface area contributed by atoms with Gasteiger partial charge in [0.15, 0.2) is 17.5 Å². The maximum Gasteiger partial charge on any atom is 0.164 e. The first-order valence-corrected chi connectivity index (χ1v) is 20.2. The van der Waals surface area contributed by atoms with Gasteiger partial charge in [0.25, 0.3) is 0 Å². The van der Waals surface area contributed by atoms with E-state index in [1.54, 1.807) is 0 Å². The lowest BCUT2D eigenvalue weighted by molar-refractivity contribution is 0.624. The summed E-state index contributed by atoms with van der Waals surface area (Å²) in [4.78, 5) is 15.7. The Morgan fingerprint density at radius 2 is 1.20 bits per heavy atom. The molecule has 9 aromatic rings. The number of rotatable bonds is 6. The van der Waals surface area contributed by atoms with E-state index in [9.17, 15) is 0 Å². The molecule has 0 N–H and O–H groups in total.